The molecular formula is C30H29ClN5PS. The van der Waals surface area contributed by atoms with Gasteiger partial charge in [0, 0.05) is 46.1 Å². The summed E-state index contributed by atoms with van der Waals surface area (Å²) < 4.78 is 1.91. The van der Waals surface area contributed by atoms with Crippen molar-refractivity contribution in [2.45, 2.75) is 33.1 Å². The van der Waals surface area contributed by atoms with E-state index < -0.39 is 6.19 Å². The smallest absolute Gasteiger partial charge is 0.166 e. The molecule has 2 aliphatic heterocycles. The second kappa shape index (κ2) is 8.94. The number of hydrogen-bond acceptors (Lipinski definition) is 4. The van der Waals surface area contributed by atoms with Gasteiger partial charge in [0.25, 0.3) is 0 Å². The molecule has 0 spiro atoms. The summed E-state index contributed by atoms with van der Waals surface area (Å²) in [4.78, 5) is 7.31. The number of nitrogens with zero attached hydrogens (tertiary/aromatic N) is 4. The zero-order valence-electron chi connectivity index (χ0n) is 22.0. The first kappa shape index (κ1) is 25.1. The van der Waals surface area contributed by atoms with Gasteiger partial charge in [-0.2, -0.15) is 5.10 Å². The van der Waals surface area contributed by atoms with Crippen LogP contribution < -0.4 is 15.3 Å². The van der Waals surface area contributed by atoms with E-state index in [2.05, 4.69) is 61.2 Å². The van der Waals surface area contributed by atoms with Crippen LogP contribution >= 0.6 is 17.8 Å². The number of aromatic nitrogens is 2. The van der Waals surface area contributed by atoms with Crippen molar-refractivity contribution in [2.24, 2.45) is 4.99 Å². The van der Waals surface area contributed by atoms with E-state index in [1.54, 1.807) is 0 Å². The Kier molecular flexibility index (Phi) is 5.91. The second-order valence-electron chi connectivity index (χ2n) is 10.4. The Bertz CT molecular complexity index is 1700. The average molecular weight is 558 g/mol. The van der Waals surface area contributed by atoms with Gasteiger partial charge in [0.15, 0.2) is 5.82 Å². The summed E-state index contributed by atoms with van der Waals surface area (Å²) in [5.74, 6) is 0.781. The largest absolute Gasteiger partial charge is 0.350 e. The molecule has 0 aliphatic carbocycles. The molecule has 0 saturated heterocycles. The number of aryl methyl sites for hydroxylation is 2. The summed E-state index contributed by atoms with van der Waals surface area (Å²) in [7, 11) is 2.13. The van der Waals surface area contributed by atoms with Crippen LogP contribution in [0.25, 0.3) is 5.69 Å². The van der Waals surface area contributed by atoms with E-state index in [1.807, 2.05) is 67.2 Å². The molecule has 4 aromatic rings. The van der Waals surface area contributed by atoms with Gasteiger partial charge in [0.1, 0.15) is 0 Å². The van der Waals surface area contributed by atoms with Gasteiger partial charge >= 0.3 is 0 Å². The van der Waals surface area contributed by atoms with Crippen LogP contribution in [0, 0.1) is 13.8 Å². The first-order valence-electron chi connectivity index (χ1n) is 12.6. The number of fused-ring (bicyclic) bond motifs is 2. The van der Waals surface area contributed by atoms with Crippen molar-refractivity contribution in [3.8, 4) is 5.69 Å². The summed E-state index contributed by atoms with van der Waals surface area (Å²) >= 11 is 13.3. The molecule has 0 amide bonds. The number of benzene rings is 3. The number of anilines is 2. The number of rotatable bonds is 3. The molecular weight excluding hydrogens is 529 g/mol. The first-order chi connectivity index (χ1) is 18.1. The van der Waals surface area contributed by atoms with Crippen molar-refractivity contribution in [1.82, 2.24) is 9.78 Å². The number of allylic oxidation sites excluding steroid dienone is 2. The fraction of sp³-hybridized carbons (Fsp3) is 0.200. The van der Waals surface area contributed by atoms with Gasteiger partial charge in [-0.05, 0) is 55.3 Å². The molecule has 192 valence electrons. The number of likely N-dealkylation sites (N-methyl/N-ethyl adjacent to an activating group) is 1. The molecule has 0 fully saturated rings. The second-order valence-corrected chi connectivity index (χ2v) is 14.8. The summed E-state index contributed by atoms with van der Waals surface area (Å²) in [5, 5.41) is 11.5. The SMILES string of the molecule is Cc1ccc(NP2(=S)/C(=C3/N(C)c4ccccc4C3(C)C)C=Nc3c2c(C)nn3-c2ccccc2)cc1Cl. The van der Waals surface area contributed by atoms with Crippen LogP contribution in [0.1, 0.15) is 30.7 Å². The monoisotopic (exact) mass is 557 g/mol. The molecule has 1 aromatic heterocycles. The van der Waals surface area contributed by atoms with E-state index in [0.717, 1.165) is 44.8 Å². The Morgan fingerprint density at radius 3 is 2.39 bits per heavy atom. The van der Waals surface area contributed by atoms with Gasteiger partial charge in [0.2, 0.25) is 0 Å². The molecule has 1 unspecified atom stereocenters. The van der Waals surface area contributed by atoms with E-state index in [4.69, 9.17) is 33.5 Å². The third kappa shape index (κ3) is 3.70. The third-order valence-corrected chi connectivity index (χ3v) is 12.1. The van der Waals surface area contributed by atoms with E-state index >= 15 is 0 Å². The Labute approximate surface area is 233 Å². The maximum atomic E-state index is 6.77. The highest BCUT2D eigenvalue weighted by atomic mass is 35.5. The van der Waals surface area contributed by atoms with Crippen molar-refractivity contribution in [2.75, 3.05) is 17.0 Å². The Morgan fingerprint density at radius 2 is 1.68 bits per heavy atom. The zero-order chi connectivity index (χ0) is 26.8. The molecule has 0 bridgehead atoms. The minimum absolute atomic E-state index is 0.260. The van der Waals surface area contributed by atoms with Crippen molar-refractivity contribution in [1.29, 1.82) is 0 Å². The molecule has 38 heavy (non-hydrogen) atoms. The van der Waals surface area contributed by atoms with Gasteiger partial charge < -0.3 is 9.99 Å². The lowest BCUT2D eigenvalue weighted by atomic mass is 9.84. The predicted molar refractivity (Wildman–Crippen MR) is 165 cm³/mol. The van der Waals surface area contributed by atoms with Gasteiger partial charge in [-0.25, -0.2) is 9.67 Å². The Morgan fingerprint density at radius 1 is 0.974 bits per heavy atom. The maximum Gasteiger partial charge on any atom is 0.166 e. The normalized spacial score (nSPS) is 21.4. The topological polar surface area (TPSA) is 45.4 Å². The lowest BCUT2D eigenvalue weighted by Crippen LogP contribution is -2.29. The van der Waals surface area contributed by atoms with E-state index in [9.17, 15) is 0 Å². The van der Waals surface area contributed by atoms with Gasteiger partial charge in [-0.1, -0.05) is 79.7 Å². The Hall–Kier alpha value is -3.18. The molecule has 2 aliphatic rings. The molecule has 6 rings (SSSR count). The van der Waals surface area contributed by atoms with Gasteiger partial charge in [-0.3, -0.25) is 0 Å². The number of halogens is 1. The molecule has 1 atom stereocenters. The molecule has 3 heterocycles. The van der Waals surface area contributed by atoms with Crippen molar-refractivity contribution in [3.63, 3.8) is 0 Å². The number of para-hydroxylation sites is 2. The molecule has 1 N–H and O–H groups in total. The minimum Gasteiger partial charge on any atom is -0.350 e. The van der Waals surface area contributed by atoms with Crippen molar-refractivity contribution in [3.05, 3.63) is 106 Å². The molecule has 0 radical (unpaired) electrons. The Balaban J connectivity index is 1.63. The third-order valence-electron chi connectivity index (χ3n) is 7.54. The molecule has 3 aromatic carbocycles. The van der Waals surface area contributed by atoms with Crippen LogP contribution in [0.2, 0.25) is 5.02 Å². The highest BCUT2D eigenvalue weighted by Crippen LogP contribution is 2.62. The molecule has 0 saturated carbocycles. The summed E-state index contributed by atoms with van der Waals surface area (Å²) in [6, 6.07) is 24.7. The van der Waals surface area contributed by atoms with Crippen molar-refractivity contribution >= 4 is 58.3 Å². The standard InChI is InChI=1S/C30H29ClN5PS/c1-19-15-16-21(17-24(19)31)34-37(38)26(28-30(3,4)23-13-9-10-14-25(23)35(28)5)18-32-29-27(37)20(2)33-36(29)22-11-7-6-8-12-22/h6-18H,1-5H3,(H,34,38)/b28-26+. The van der Waals surface area contributed by atoms with Crippen LogP contribution in [0.4, 0.5) is 17.2 Å². The maximum absolute atomic E-state index is 6.77. The minimum atomic E-state index is -2.67. The fourth-order valence-corrected chi connectivity index (χ4v) is 10.1. The van der Waals surface area contributed by atoms with Crippen LogP contribution in [-0.4, -0.2) is 23.0 Å². The number of aliphatic imine (C=N–C) groups is 1. The fourth-order valence-electron chi connectivity index (χ4n) is 5.69. The van der Waals surface area contributed by atoms with Gasteiger partial charge in [-0.15, -0.1) is 0 Å². The number of nitrogens with one attached hydrogen (secondary N) is 1. The van der Waals surface area contributed by atoms with E-state index in [0.29, 0.717) is 5.02 Å². The quantitative estimate of drug-likeness (QED) is 0.263. The van der Waals surface area contributed by atoms with E-state index in [1.165, 1.54) is 11.3 Å². The van der Waals surface area contributed by atoms with Crippen LogP contribution in [0.15, 0.2) is 88.8 Å². The highest BCUT2D eigenvalue weighted by molar-refractivity contribution is 8.21. The lowest BCUT2D eigenvalue weighted by molar-refractivity contribution is 0.639. The lowest BCUT2D eigenvalue weighted by Gasteiger charge is -2.35. The molecule has 8 heteroatoms. The van der Waals surface area contributed by atoms with Gasteiger partial charge in [0.05, 0.1) is 22.9 Å². The van der Waals surface area contributed by atoms with Crippen LogP contribution in [0.5, 0.6) is 0 Å². The van der Waals surface area contributed by atoms with Crippen molar-refractivity contribution < 1.29 is 0 Å². The summed E-state index contributed by atoms with van der Waals surface area (Å²) in [6.07, 6.45) is -0.694. The van der Waals surface area contributed by atoms with E-state index in [-0.39, 0.29) is 5.41 Å². The average Bonchev–Trinajstić information content (AvgIpc) is 3.34. The predicted octanol–water partition coefficient (Wildman–Crippen LogP) is 7.63. The highest BCUT2D eigenvalue weighted by Gasteiger charge is 2.45. The zero-order valence-corrected chi connectivity index (χ0v) is 24.5. The molecule has 5 nitrogen and oxygen atoms in total. The summed E-state index contributed by atoms with van der Waals surface area (Å²) in [6.45, 7) is 8.57. The first-order valence-corrected chi connectivity index (χ1v) is 15.7. The van der Waals surface area contributed by atoms with Crippen LogP contribution in [-0.2, 0) is 17.2 Å². The summed E-state index contributed by atoms with van der Waals surface area (Å²) in [5.41, 5.74) is 7.12. The number of hydrogen-bond donors (Lipinski definition) is 1. The van der Waals surface area contributed by atoms with Crippen LogP contribution in [0.3, 0.4) is 0 Å².